The van der Waals surface area contributed by atoms with Crippen LogP contribution in [0.15, 0.2) is 29.1 Å². The van der Waals surface area contributed by atoms with Gasteiger partial charge in [-0.15, -0.1) is 12.4 Å². The molecule has 7 heteroatoms. The quantitative estimate of drug-likeness (QED) is 0.849. The molecule has 2 aromatic rings. The highest BCUT2D eigenvalue weighted by atomic mass is 35.5. The zero-order valence-electron chi connectivity index (χ0n) is 15.9. The molecule has 0 spiro atoms. The zero-order valence-corrected chi connectivity index (χ0v) is 16.7. The number of nitrogens with one attached hydrogen (secondary N) is 1. The SMILES string of the molecule is CCCn1c(=O)n(CCC(=O)N2C3CCNCC2CC3)c2ccccc21.Cl. The lowest BCUT2D eigenvalue weighted by Crippen LogP contribution is -2.43. The van der Waals surface area contributed by atoms with Crippen molar-refractivity contribution in [2.24, 2.45) is 0 Å². The molecule has 2 fully saturated rings. The van der Waals surface area contributed by atoms with E-state index in [0.717, 1.165) is 49.8 Å². The minimum atomic E-state index is 0. The minimum Gasteiger partial charge on any atom is -0.335 e. The average molecular weight is 393 g/mol. The normalized spacial score (nSPS) is 21.9. The van der Waals surface area contributed by atoms with Crippen LogP contribution in [0.5, 0.6) is 0 Å². The Labute approximate surface area is 165 Å². The van der Waals surface area contributed by atoms with Crippen LogP contribution in [0.25, 0.3) is 11.0 Å². The Balaban J connectivity index is 0.00000210. The lowest BCUT2D eigenvalue weighted by molar-refractivity contribution is -0.134. The molecule has 148 valence electrons. The van der Waals surface area contributed by atoms with Crippen molar-refractivity contribution in [3.05, 3.63) is 34.7 Å². The Kier molecular flexibility index (Phi) is 6.27. The molecule has 6 nitrogen and oxygen atoms in total. The summed E-state index contributed by atoms with van der Waals surface area (Å²) in [5, 5.41) is 3.44. The number of benzene rings is 1. The van der Waals surface area contributed by atoms with Gasteiger partial charge in [-0.3, -0.25) is 13.9 Å². The van der Waals surface area contributed by atoms with Crippen molar-refractivity contribution in [3.8, 4) is 0 Å². The predicted molar refractivity (Wildman–Crippen MR) is 109 cm³/mol. The molecule has 1 aromatic carbocycles. The van der Waals surface area contributed by atoms with E-state index in [2.05, 4.69) is 17.1 Å². The summed E-state index contributed by atoms with van der Waals surface area (Å²) in [6.07, 6.45) is 4.56. The number of hydrogen-bond donors (Lipinski definition) is 1. The van der Waals surface area contributed by atoms with Gasteiger partial charge in [-0.1, -0.05) is 19.1 Å². The average Bonchev–Trinajstić information content (AvgIpc) is 3.06. The summed E-state index contributed by atoms with van der Waals surface area (Å²) in [7, 11) is 0. The van der Waals surface area contributed by atoms with Gasteiger partial charge in [-0.2, -0.15) is 0 Å². The zero-order chi connectivity index (χ0) is 18.1. The minimum absolute atomic E-state index is 0. The Morgan fingerprint density at radius 3 is 2.44 bits per heavy atom. The number of aromatic nitrogens is 2. The molecular formula is C20H29ClN4O2. The maximum absolute atomic E-state index is 12.9. The van der Waals surface area contributed by atoms with Gasteiger partial charge in [-0.05, 0) is 44.4 Å². The number of carbonyl (C=O) groups is 1. The lowest BCUT2D eigenvalue weighted by Gasteiger charge is -2.28. The second-order valence-electron chi connectivity index (χ2n) is 7.50. The van der Waals surface area contributed by atoms with Crippen molar-refractivity contribution in [3.63, 3.8) is 0 Å². The predicted octanol–water partition coefficient (Wildman–Crippen LogP) is 2.38. The van der Waals surface area contributed by atoms with Gasteiger partial charge in [0, 0.05) is 38.1 Å². The number of hydrogen-bond acceptors (Lipinski definition) is 3. The third kappa shape index (κ3) is 3.65. The van der Waals surface area contributed by atoms with Gasteiger partial charge in [0.2, 0.25) is 5.91 Å². The van der Waals surface area contributed by atoms with E-state index in [1.165, 1.54) is 0 Å². The van der Waals surface area contributed by atoms with Gasteiger partial charge in [0.1, 0.15) is 0 Å². The van der Waals surface area contributed by atoms with Crippen LogP contribution in [0.3, 0.4) is 0 Å². The lowest BCUT2D eigenvalue weighted by atomic mass is 10.1. The van der Waals surface area contributed by atoms with Crippen LogP contribution in [-0.2, 0) is 17.9 Å². The first kappa shape index (κ1) is 20.0. The molecule has 2 saturated heterocycles. The van der Waals surface area contributed by atoms with Crippen molar-refractivity contribution in [1.82, 2.24) is 19.4 Å². The fourth-order valence-electron chi connectivity index (χ4n) is 4.65. The van der Waals surface area contributed by atoms with Crippen molar-refractivity contribution in [2.45, 2.75) is 64.2 Å². The number of aryl methyl sites for hydroxylation is 2. The summed E-state index contributed by atoms with van der Waals surface area (Å²) in [5.41, 5.74) is 1.89. The fraction of sp³-hybridized carbons (Fsp3) is 0.600. The van der Waals surface area contributed by atoms with E-state index >= 15 is 0 Å². The number of amides is 1. The Morgan fingerprint density at radius 1 is 1.07 bits per heavy atom. The molecule has 2 atom stereocenters. The molecule has 1 amide bonds. The molecular weight excluding hydrogens is 364 g/mol. The number of fused-ring (bicyclic) bond motifs is 3. The van der Waals surface area contributed by atoms with Crippen LogP contribution in [0, 0.1) is 0 Å². The number of halogens is 1. The molecule has 2 unspecified atom stereocenters. The molecule has 27 heavy (non-hydrogen) atoms. The molecule has 0 aliphatic carbocycles. The second kappa shape index (κ2) is 8.48. The third-order valence-electron chi connectivity index (χ3n) is 5.86. The number of carbonyl (C=O) groups excluding carboxylic acids is 1. The largest absolute Gasteiger partial charge is 0.335 e. The molecule has 1 N–H and O–H groups in total. The van der Waals surface area contributed by atoms with Crippen molar-refractivity contribution in [2.75, 3.05) is 13.1 Å². The summed E-state index contributed by atoms with van der Waals surface area (Å²) < 4.78 is 3.61. The Hall–Kier alpha value is -1.79. The monoisotopic (exact) mass is 392 g/mol. The van der Waals surface area contributed by atoms with Gasteiger partial charge in [0.15, 0.2) is 0 Å². The molecule has 2 bridgehead atoms. The fourth-order valence-corrected chi connectivity index (χ4v) is 4.65. The van der Waals surface area contributed by atoms with Gasteiger partial charge >= 0.3 is 5.69 Å². The van der Waals surface area contributed by atoms with Crippen LogP contribution in [0.4, 0.5) is 0 Å². The van der Waals surface area contributed by atoms with E-state index in [9.17, 15) is 9.59 Å². The topological polar surface area (TPSA) is 59.3 Å². The number of imidazole rings is 1. The maximum atomic E-state index is 12.9. The van der Waals surface area contributed by atoms with Crippen LogP contribution in [0.2, 0.25) is 0 Å². The molecule has 0 saturated carbocycles. The summed E-state index contributed by atoms with van der Waals surface area (Å²) >= 11 is 0. The van der Waals surface area contributed by atoms with Gasteiger partial charge in [-0.25, -0.2) is 4.79 Å². The Morgan fingerprint density at radius 2 is 1.74 bits per heavy atom. The first-order chi connectivity index (χ1) is 12.7. The number of rotatable bonds is 5. The van der Waals surface area contributed by atoms with Crippen LogP contribution < -0.4 is 11.0 Å². The van der Waals surface area contributed by atoms with E-state index in [1.807, 2.05) is 28.8 Å². The van der Waals surface area contributed by atoms with Gasteiger partial charge in [0.05, 0.1) is 11.0 Å². The summed E-state index contributed by atoms with van der Waals surface area (Å²) in [4.78, 5) is 27.9. The van der Waals surface area contributed by atoms with Crippen LogP contribution in [-0.4, -0.2) is 45.1 Å². The van der Waals surface area contributed by atoms with Crippen molar-refractivity contribution < 1.29 is 4.79 Å². The highest BCUT2D eigenvalue weighted by molar-refractivity contribution is 5.85. The molecule has 1 aromatic heterocycles. The standard InChI is InChI=1S/C20H28N4O2.ClH/c1-2-12-22-17-5-3-4-6-18(17)23(20(22)26)13-10-19(25)24-15-7-8-16(24)14-21-11-9-15;/h3-6,15-16,21H,2,7-14H2,1H3;1H. The van der Waals surface area contributed by atoms with Crippen LogP contribution >= 0.6 is 12.4 Å². The number of nitrogens with zero attached hydrogens (tertiary/aromatic N) is 3. The van der Waals surface area contributed by atoms with Crippen molar-refractivity contribution >= 4 is 29.3 Å². The third-order valence-corrected chi connectivity index (χ3v) is 5.86. The van der Waals surface area contributed by atoms with Crippen molar-refractivity contribution in [1.29, 1.82) is 0 Å². The van der Waals surface area contributed by atoms with E-state index in [0.29, 0.717) is 31.6 Å². The molecule has 4 rings (SSSR count). The summed E-state index contributed by atoms with van der Waals surface area (Å²) in [6.45, 7) is 5.14. The summed E-state index contributed by atoms with van der Waals surface area (Å²) in [5.74, 6) is 0.195. The molecule has 3 heterocycles. The van der Waals surface area contributed by atoms with Crippen LogP contribution in [0.1, 0.15) is 39.0 Å². The van der Waals surface area contributed by atoms with E-state index in [1.54, 1.807) is 4.57 Å². The second-order valence-corrected chi connectivity index (χ2v) is 7.50. The Bertz CT molecular complexity index is 845. The van der Waals surface area contributed by atoms with E-state index in [4.69, 9.17) is 0 Å². The molecule has 2 aliphatic heterocycles. The first-order valence-electron chi connectivity index (χ1n) is 9.90. The van der Waals surface area contributed by atoms with E-state index in [-0.39, 0.29) is 24.0 Å². The maximum Gasteiger partial charge on any atom is 0.329 e. The highest BCUT2D eigenvalue weighted by Crippen LogP contribution is 2.28. The highest BCUT2D eigenvalue weighted by Gasteiger charge is 2.37. The summed E-state index contributed by atoms with van der Waals surface area (Å²) in [6, 6.07) is 8.59. The molecule has 2 aliphatic rings. The van der Waals surface area contributed by atoms with Gasteiger partial charge < -0.3 is 10.2 Å². The van der Waals surface area contributed by atoms with Gasteiger partial charge in [0.25, 0.3) is 0 Å². The smallest absolute Gasteiger partial charge is 0.329 e. The first-order valence-corrected chi connectivity index (χ1v) is 9.90. The van der Waals surface area contributed by atoms with E-state index < -0.39 is 0 Å². The molecule has 0 radical (unpaired) electrons. The number of para-hydroxylation sites is 2.